The first-order chi connectivity index (χ1) is 13.8. The maximum atomic E-state index is 12.3. The Kier molecular flexibility index (Phi) is 5.21. The van der Waals surface area contributed by atoms with Crippen molar-refractivity contribution in [2.75, 3.05) is 13.1 Å². The van der Waals surface area contributed by atoms with Gasteiger partial charge in [0, 0.05) is 36.4 Å². The summed E-state index contributed by atoms with van der Waals surface area (Å²) in [5.74, 6) is 0. The van der Waals surface area contributed by atoms with Gasteiger partial charge in [0.05, 0.1) is 12.2 Å². The second-order valence-electron chi connectivity index (χ2n) is 8.44. The molecule has 4 rings (SSSR count). The Labute approximate surface area is 175 Å². The van der Waals surface area contributed by atoms with Crippen LogP contribution in [0.15, 0.2) is 42.9 Å². The molecule has 0 atom stereocenters. The average molecular weight is 413 g/mol. The normalized spacial score (nSPS) is 15.7. The number of benzene rings is 1. The summed E-state index contributed by atoms with van der Waals surface area (Å²) in [6.07, 6.45) is 7.23. The number of carbonyl (C=O) groups excluding carboxylic acids is 1. The third kappa shape index (κ3) is 4.37. The van der Waals surface area contributed by atoms with E-state index in [-0.39, 0.29) is 12.1 Å². The molecule has 0 aliphatic carbocycles. The number of halogens is 1. The van der Waals surface area contributed by atoms with E-state index in [1.165, 1.54) is 0 Å². The van der Waals surface area contributed by atoms with E-state index in [1.807, 2.05) is 49.8 Å². The summed E-state index contributed by atoms with van der Waals surface area (Å²) >= 11 is 6.11. The van der Waals surface area contributed by atoms with Crippen LogP contribution in [-0.2, 0) is 4.74 Å². The zero-order valence-electron chi connectivity index (χ0n) is 16.9. The van der Waals surface area contributed by atoms with Gasteiger partial charge >= 0.3 is 6.09 Å². The fourth-order valence-corrected chi connectivity index (χ4v) is 3.87. The molecule has 1 aromatic carbocycles. The summed E-state index contributed by atoms with van der Waals surface area (Å²) < 4.78 is 7.50. The van der Waals surface area contributed by atoms with E-state index >= 15 is 0 Å². The molecule has 0 spiro atoms. The molecule has 2 aromatic heterocycles. The van der Waals surface area contributed by atoms with Gasteiger partial charge in [0.1, 0.15) is 10.8 Å². The fourth-order valence-electron chi connectivity index (χ4n) is 3.71. The van der Waals surface area contributed by atoms with Crippen molar-refractivity contribution in [3.63, 3.8) is 0 Å². The summed E-state index contributed by atoms with van der Waals surface area (Å²) in [7, 11) is 0. The monoisotopic (exact) mass is 412 g/mol. The molecule has 0 bridgehead atoms. The van der Waals surface area contributed by atoms with Gasteiger partial charge < -0.3 is 9.64 Å². The summed E-state index contributed by atoms with van der Waals surface area (Å²) in [6.45, 7) is 7.01. The number of rotatable bonds is 2. The number of amides is 1. The zero-order valence-corrected chi connectivity index (χ0v) is 17.7. The molecule has 29 heavy (non-hydrogen) atoms. The molecule has 0 saturated carbocycles. The number of aromatic nitrogens is 3. The Morgan fingerprint density at radius 1 is 1.21 bits per heavy atom. The molecule has 0 radical (unpaired) electrons. The van der Waals surface area contributed by atoms with Gasteiger partial charge in [-0.15, -0.1) is 0 Å². The van der Waals surface area contributed by atoms with Crippen molar-refractivity contribution in [3.05, 3.63) is 48.0 Å². The molecular formula is C22H25ClN4O2. The zero-order chi connectivity index (χ0) is 20.6. The lowest BCUT2D eigenvalue weighted by Crippen LogP contribution is -2.42. The lowest BCUT2D eigenvalue weighted by atomic mass is 10.0. The number of hydrogen-bond acceptors (Lipinski definition) is 4. The molecule has 3 heterocycles. The number of pyridine rings is 1. The molecule has 1 fully saturated rings. The molecule has 6 nitrogen and oxygen atoms in total. The van der Waals surface area contributed by atoms with Gasteiger partial charge in [-0.25, -0.2) is 9.78 Å². The Balaban J connectivity index is 1.49. The minimum Gasteiger partial charge on any atom is -0.444 e. The summed E-state index contributed by atoms with van der Waals surface area (Å²) in [4.78, 5) is 18.2. The number of carbonyl (C=O) groups is 1. The molecule has 152 valence electrons. The fraction of sp³-hybridized carbons (Fsp3) is 0.409. The van der Waals surface area contributed by atoms with Crippen LogP contribution < -0.4 is 0 Å². The van der Waals surface area contributed by atoms with Crippen molar-refractivity contribution >= 4 is 28.5 Å². The molecule has 0 N–H and O–H groups in total. The lowest BCUT2D eigenvalue weighted by molar-refractivity contribution is 0.0185. The Hall–Kier alpha value is -2.60. The first-order valence-electron chi connectivity index (χ1n) is 9.87. The SMILES string of the molecule is CC(C)(C)OC(=O)N1CCC(n2cc(-c3cccc4cnc(Cl)cc34)cn2)CC1. The van der Waals surface area contributed by atoms with Crippen LogP contribution in [0.2, 0.25) is 5.15 Å². The quantitative estimate of drug-likeness (QED) is 0.534. The molecular weight excluding hydrogens is 388 g/mol. The van der Waals surface area contributed by atoms with E-state index in [9.17, 15) is 4.79 Å². The van der Waals surface area contributed by atoms with Gasteiger partial charge in [-0.1, -0.05) is 29.8 Å². The first kappa shape index (κ1) is 19.7. The van der Waals surface area contributed by atoms with Crippen LogP contribution >= 0.6 is 11.6 Å². The molecule has 1 amide bonds. The summed E-state index contributed by atoms with van der Waals surface area (Å²) in [5, 5.41) is 7.20. The maximum absolute atomic E-state index is 12.3. The second kappa shape index (κ2) is 7.67. The highest BCUT2D eigenvalue weighted by Crippen LogP contribution is 2.31. The van der Waals surface area contributed by atoms with E-state index in [0.29, 0.717) is 18.2 Å². The average Bonchev–Trinajstić information content (AvgIpc) is 3.16. The Bertz CT molecular complexity index is 1030. The predicted octanol–water partition coefficient (Wildman–Crippen LogP) is 5.32. The van der Waals surface area contributed by atoms with Crippen LogP contribution in [0.3, 0.4) is 0 Å². The van der Waals surface area contributed by atoms with Crippen LogP contribution in [-0.4, -0.2) is 44.4 Å². The van der Waals surface area contributed by atoms with E-state index in [4.69, 9.17) is 16.3 Å². The second-order valence-corrected chi connectivity index (χ2v) is 8.83. The van der Waals surface area contributed by atoms with Crippen LogP contribution in [0.25, 0.3) is 21.9 Å². The van der Waals surface area contributed by atoms with Gasteiger partial charge in [-0.2, -0.15) is 5.10 Å². The maximum Gasteiger partial charge on any atom is 0.410 e. The Morgan fingerprint density at radius 3 is 2.69 bits per heavy atom. The summed E-state index contributed by atoms with van der Waals surface area (Å²) in [5.41, 5.74) is 1.67. The largest absolute Gasteiger partial charge is 0.444 e. The van der Waals surface area contributed by atoms with Gasteiger partial charge in [0.2, 0.25) is 0 Å². The molecule has 0 unspecified atom stereocenters. The number of ether oxygens (including phenoxy) is 1. The number of piperidine rings is 1. The third-order valence-corrected chi connectivity index (χ3v) is 5.34. The van der Waals surface area contributed by atoms with Gasteiger partial charge in [0.15, 0.2) is 0 Å². The molecule has 1 aliphatic rings. The molecule has 1 saturated heterocycles. The highest BCUT2D eigenvalue weighted by Gasteiger charge is 2.28. The molecule has 7 heteroatoms. The van der Waals surface area contributed by atoms with Crippen LogP contribution in [0.4, 0.5) is 4.79 Å². The van der Waals surface area contributed by atoms with Gasteiger partial charge in [0.25, 0.3) is 0 Å². The molecule has 1 aliphatic heterocycles. The van der Waals surface area contributed by atoms with E-state index in [2.05, 4.69) is 22.3 Å². The first-order valence-corrected chi connectivity index (χ1v) is 10.2. The standard InChI is InChI=1S/C22H25ClN4O2/c1-22(2,3)29-21(28)26-9-7-17(8-10-26)27-14-16(13-25-27)18-6-4-5-15-12-24-20(23)11-19(15)18/h4-6,11-14,17H,7-10H2,1-3H3. The van der Waals surface area contributed by atoms with Gasteiger partial charge in [-0.05, 0) is 50.6 Å². The summed E-state index contributed by atoms with van der Waals surface area (Å²) in [6, 6.07) is 8.28. The van der Waals surface area contributed by atoms with E-state index < -0.39 is 5.60 Å². The minimum atomic E-state index is -0.471. The van der Waals surface area contributed by atoms with Crippen molar-refractivity contribution in [3.8, 4) is 11.1 Å². The van der Waals surface area contributed by atoms with Crippen molar-refractivity contribution in [1.29, 1.82) is 0 Å². The number of hydrogen-bond donors (Lipinski definition) is 0. The Morgan fingerprint density at radius 2 is 1.97 bits per heavy atom. The third-order valence-electron chi connectivity index (χ3n) is 5.13. The van der Waals surface area contributed by atoms with Crippen molar-refractivity contribution in [2.45, 2.75) is 45.3 Å². The van der Waals surface area contributed by atoms with Crippen molar-refractivity contribution < 1.29 is 9.53 Å². The van der Waals surface area contributed by atoms with E-state index in [0.717, 1.165) is 34.7 Å². The van der Waals surface area contributed by atoms with Crippen LogP contribution in [0.5, 0.6) is 0 Å². The smallest absolute Gasteiger partial charge is 0.410 e. The van der Waals surface area contributed by atoms with Crippen LogP contribution in [0.1, 0.15) is 39.7 Å². The number of fused-ring (bicyclic) bond motifs is 1. The van der Waals surface area contributed by atoms with Gasteiger partial charge in [-0.3, -0.25) is 4.68 Å². The topological polar surface area (TPSA) is 60.2 Å². The predicted molar refractivity (Wildman–Crippen MR) is 114 cm³/mol. The van der Waals surface area contributed by atoms with E-state index in [1.54, 1.807) is 11.1 Å². The minimum absolute atomic E-state index is 0.238. The van der Waals surface area contributed by atoms with Crippen molar-refractivity contribution in [2.24, 2.45) is 0 Å². The number of nitrogens with zero attached hydrogens (tertiary/aromatic N) is 4. The highest BCUT2D eigenvalue weighted by atomic mass is 35.5. The lowest BCUT2D eigenvalue weighted by Gasteiger charge is -2.33. The van der Waals surface area contributed by atoms with Crippen LogP contribution in [0, 0.1) is 0 Å². The highest BCUT2D eigenvalue weighted by molar-refractivity contribution is 6.30. The molecule has 3 aromatic rings. The number of likely N-dealkylation sites (tertiary alicyclic amines) is 1. The van der Waals surface area contributed by atoms with Crippen molar-refractivity contribution in [1.82, 2.24) is 19.7 Å².